The topological polar surface area (TPSA) is 80.4 Å². The highest BCUT2D eigenvalue weighted by molar-refractivity contribution is 6.12. The summed E-state index contributed by atoms with van der Waals surface area (Å²) in [4.78, 5) is 29.3. The van der Waals surface area contributed by atoms with Gasteiger partial charge in [0.2, 0.25) is 5.91 Å². The number of hydrogen-bond acceptors (Lipinski definition) is 4. The number of rotatable bonds is 4. The van der Waals surface area contributed by atoms with Gasteiger partial charge in [-0.25, -0.2) is 0 Å². The molecule has 1 aromatic carbocycles. The Morgan fingerprint density at radius 2 is 1.91 bits per heavy atom. The van der Waals surface area contributed by atoms with Crippen LogP contribution in [0.5, 0.6) is 0 Å². The molecule has 2 aliphatic rings. The first-order valence-corrected chi connectivity index (χ1v) is 11.7. The van der Waals surface area contributed by atoms with Crippen LogP contribution in [0.2, 0.25) is 0 Å². The minimum absolute atomic E-state index is 0.137. The average Bonchev–Trinajstić information content (AvgIpc) is 3.47. The van der Waals surface area contributed by atoms with Crippen LogP contribution in [0.3, 0.4) is 0 Å². The third-order valence-electron chi connectivity index (χ3n) is 7.11. The number of carbonyl (C=O) groups excluding carboxylic acids is 2. The van der Waals surface area contributed by atoms with E-state index < -0.39 is 5.54 Å². The molecule has 1 N–H and O–H groups in total. The van der Waals surface area contributed by atoms with E-state index in [-0.39, 0.29) is 24.4 Å². The lowest BCUT2D eigenvalue weighted by atomic mass is 9.91. The van der Waals surface area contributed by atoms with Gasteiger partial charge in [0.1, 0.15) is 16.9 Å². The second-order valence-electron chi connectivity index (χ2n) is 9.54. The van der Waals surface area contributed by atoms with Crippen molar-refractivity contribution in [3.63, 3.8) is 0 Å². The Morgan fingerprint density at radius 1 is 1.12 bits per heavy atom. The fraction of sp³-hybridized carbons (Fsp3) is 0.423. The largest absolute Gasteiger partial charge is 0.463 e. The highest BCUT2D eigenvalue weighted by Gasteiger charge is 2.49. The van der Waals surface area contributed by atoms with Gasteiger partial charge in [0.05, 0.1) is 12.8 Å². The van der Waals surface area contributed by atoms with E-state index in [1.165, 1.54) is 6.42 Å². The Morgan fingerprint density at radius 3 is 2.61 bits per heavy atom. The van der Waals surface area contributed by atoms with Crippen LogP contribution in [0.4, 0.5) is 5.69 Å². The fourth-order valence-corrected chi connectivity index (χ4v) is 4.98. The minimum atomic E-state index is -1.12. The lowest BCUT2D eigenvalue weighted by molar-refractivity contribution is -0.127. The maximum absolute atomic E-state index is 13.9. The first-order valence-electron chi connectivity index (χ1n) is 11.7. The van der Waals surface area contributed by atoms with Crippen molar-refractivity contribution in [2.45, 2.75) is 71.0 Å². The Labute approximate surface area is 193 Å². The number of aryl methyl sites for hydroxylation is 2. The second kappa shape index (κ2) is 8.21. The Kier molecular flexibility index (Phi) is 5.35. The highest BCUT2D eigenvalue weighted by atomic mass is 16.3. The standard InChI is InChI=1S/C26H30N4O3/c1-17-11-12-20(14-18(17)2)30-24(31)22-15-21(23-10-7-13-33-23)28-29(22)16-26(30,3)25(32)27-19-8-5-4-6-9-19/h7,10-15,19H,4-6,8-9,16H2,1-3H3,(H,27,32)/t26-/m0/s1. The molecule has 0 unspecified atom stereocenters. The molecular formula is C26H30N4O3. The van der Waals surface area contributed by atoms with Crippen LogP contribution >= 0.6 is 0 Å². The SMILES string of the molecule is Cc1ccc(N2C(=O)c3cc(-c4ccco4)nn3C[C@@]2(C)C(=O)NC2CCCCC2)cc1C. The van der Waals surface area contributed by atoms with E-state index in [1.807, 2.05) is 45.0 Å². The summed E-state index contributed by atoms with van der Waals surface area (Å²) >= 11 is 0. The van der Waals surface area contributed by atoms with Gasteiger partial charge in [-0.05, 0) is 69.0 Å². The number of benzene rings is 1. The van der Waals surface area contributed by atoms with E-state index in [1.54, 1.807) is 28.0 Å². The lowest BCUT2D eigenvalue weighted by Crippen LogP contribution is -2.65. The first kappa shape index (κ1) is 21.5. The van der Waals surface area contributed by atoms with Crippen molar-refractivity contribution >= 4 is 17.5 Å². The van der Waals surface area contributed by atoms with Crippen molar-refractivity contribution in [1.82, 2.24) is 15.1 Å². The van der Waals surface area contributed by atoms with Gasteiger partial charge < -0.3 is 9.73 Å². The zero-order valence-corrected chi connectivity index (χ0v) is 19.4. The smallest absolute Gasteiger partial charge is 0.277 e. The molecule has 2 aromatic heterocycles. The quantitative estimate of drug-likeness (QED) is 0.634. The van der Waals surface area contributed by atoms with Crippen molar-refractivity contribution in [3.05, 3.63) is 59.5 Å². The van der Waals surface area contributed by atoms with E-state index in [4.69, 9.17) is 4.42 Å². The molecule has 5 rings (SSSR count). The molecule has 172 valence electrons. The number of amides is 2. The van der Waals surface area contributed by atoms with Crippen molar-refractivity contribution in [1.29, 1.82) is 0 Å². The summed E-state index contributed by atoms with van der Waals surface area (Å²) < 4.78 is 7.14. The van der Waals surface area contributed by atoms with Gasteiger partial charge in [0, 0.05) is 17.8 Å². The Hall–Kier alpha value is -3.35. The molecule has 7 nitrogen and oxygen atoms in total. The maximum Gasteiger partial charge on any atom is 0.277 e. The molecule has 3 aromatic rings. The van der Waals surface area contributed by atoms with Gasteiger partial charge in [0.15, 0.2) is 5.76 Å². The summed E-state index contributed by atoms with van der Waals surface area (Å²) in [6, 6.07) is 11.4. The van der Waals surface area contributed by atoms with Gasteiger partial charge in [0.25, 0.3) is 5.91 Å². The lowest BCUT2D eigenvalue weighted by Gasteiger charge is -2.44. The summed E-state index contributed by atoms with van der Waals surface area (Å²) in [6.45, 7) is 6.17. The number of anilines is 1. The zero-order chi connectivity index (χ0) is 23.2. The zero-order valence-electron chi connectivity index (χ0n) is 19.4. The molecule has 0 spiro atoms. The summed E-state index contributed by atoms with van der Waals surface area (Å²) in [5.41, 5.74) is 2.85. The van der Waals surface area contributed by atoms with Crippen molar-refractivity contribution in [2.75, 3.05) is 4.90 Å². The molecule has 0 saturated heterocycles. The molecule has 1 fully saturated rings. The molecule has 0 radical (unpaired) electrons. The van der Waals surface area contributed by atoms with Gasteiger partial charge in [-0.15, -0.1) is 0 Å². The third-order valence-corrected chi connectivity index (χ3v) is 7.11. The van der Waals surface area contributed by atoms with Crippen molar-refractivity contribution in [2.24, 2.45) is 0 Å². The van der Waals surface area contributed by atoms with Crippen LogP contribution in [-0.2, 0) is 11.3 Å². The number of nitrogens with zero attached hydrogens (tertiary/aromatic N) is 3. The number of aromatic nitrogens is 2. The predicted molar refractivity (Wildman–Crippen MR) is 126 cm³/mol. The molecule has 1 aliphatic heterocycles. The molecular weight excluding hydrogens is 416 g/mol. The Balaban J connectivity index is 1.57. The number of carbonyl (C=O) groups is 2. The van der Waals surface area contributed by atoms with Gasteiger partial charge >= 0.3 is 0 Å². The fourth-order valence-electron chi connectivity index (χ4n) is 4.98. The van der Waals surface area contributed by atoms with Crippen LogP contribution in [0.15, 0.2) is 47.1 Å². The minimum Gasteiger partial charge on any atom is -0.463 e. The normalized spacial score (nSPS) is 21.2. The van der Waals surface area contributed by atoms with Crippen LogP contribution < -0.4 is 10.2 Å². The monoisotopic (exact) mass is 446 g/mol. The van der Waals surface area contributed by atoms with Crippen LogP contribution in [-0.4, -0.2) is 33.2 Å². The number of nitrogens with one attached hydrogen (secondary N) is 1. The van der Waals surface area contributed by atoms with Gasteiger partial charge in [-0.2, -0.15) is 5.10 Å². The van der Waals surface area contributed by atoms with Crippen LogP contribution in [0, 0.1) is 13.8 Å². The van der Waals surface area contributed by atoms with Gasteiger partial charge in [-0.3, -0.25) is 19.2 Å². The average molecular weight is 447 g/mol. The molecule has 33 heavy (non-hydrogen) atoms. The van der Waals surface area contributed by atoms with Crippen molar-refractivity contribution < 1.29 is 14.0 Å². The van der Waals surface area contributed by atoms with E-state index in [0.29, 0.717) is 17.1 Å². The second-order valence-corrected chi connectivity index (χ2v) is 9.54. The molecule has 7 heteroatoms. The van der Waals surface area contributed by atoms with E-state index in [9.17, 15) is 9.59 Å². The van der Waals surface area contributed by atoms with E-state index >= 15 is 0 Å². The molecule has 2 amide bonds. The summed E-state index contributed by atoms with van der Waals surface area (Å²) in [5, 5.41) is 7.87. The number of hydrogen-bond donors (Lipinski definition) is 1. The molecule has 1 aliphatic carbocycles. The summed E-state index contributed by atoms with van der Waals surface area (Å²) in [7, 11) is 0. The van der Waals surface area contributed by atoms with Gasteiger partial charge in [-0.1, -0.05) is 25.3 Å². The number of furan rings is 1. The molecule has 1 atom stereocenters. The van der Waals surface area contributed by atoms with Crippen LogP contribution in [0.1, 0.15) is 60.6 Å². The van der Waals surface area contributed by atoms with Crippen molar-refractivity contribution in [3.8, 4) is 11.5 Å². The molecule has 3 heterocycles. The summed E-state index contributed by atoms with van der Waals surface area (Å²) in [6.07, 6.45) is 7.00. The maximum atomic E-state index is 13.9. The first-order chi connectivity index (χ1) is 15.9. The molecule has 1 saturated carbocycles. The third kappa shape index (κ3) is 3.75. The highest BCUT2D eigenvalue weighted by Crippen LogP contribution is 2.35. The predicted octanol–water partition coefficient (Wildman–Crippen LogP) is 4.63. The Bertz CT molecular complexity index is 1190. The number of fused-ring (bicyclic) bond motifs is 1. The van der Waals surface area contributed by atoms with E-state index in [0.717, 1.165) is 42.5 Å². The van der Waals surface area contributed by atoms with E-state index in [2.05, 4.69) is 10.4 Å². The summed E-state index contributed by atoms with van der Waals surface area (Å²) in [5.74, 6) is 0.216. The van der Waals surface area contributed by atoms with Crippen LogP contribution in [0.25, 0.3) is 11.5 Å². The molecule has 0 bridgehead atoms.